The molecule has 0 bridgehead atoms. The average Bonchev–Trinajstić information content (AvgIpc) is 2.23. The number of carbonyl (C=O) groups is 1. The number of nitrogens with one attached hydrogen (secondary N) is 1. The highest BCUT2D eigenvalue weighted by Gasteiger charge is 2.17. The largest absolute Gasteiger partial charge is 0.311 e. The van der Waals surface area contributed by atoms with Crippen LogP contribution < -0.4 is 5.32 Å². The van der Waals surface area contributed by atoms with E-state index in [9.17, 15) is 4.79 Å². The summed E-state index contributed by atoms with van der Waals surface area (Å²) < 4.78 is 0. The quantitative estimate of drug-likeness (QED) is 0.731. The molecule has 1 aliphatic heterocycles. The van der Waals surface area contributed by atoms with E-state index in [1.807, 2.05) is 0 Å². The number of unbranched alkanes of at least 4 members (excludes halogenated alkanes) is 1. The Hall–Kier alpha value is -0.370. The topological polar surface area (TPSA) is 29.1 Å². The molecule has 2 nitrogen and oxygen atoms in total. The molecule has 15 heavy (non-hydrogen) atoms. The van der Waals surface area contributed by atoms with Crippen LogP contribution in [0.2, 0.25) is 0 Å². The number of hydrogen-bond acceptors (Lipinski definition) is 2. The van der Waals surface area contributed by atoms with Gasteiger partial charge in [-0.3, -0.25) is 4.79 Å². The number of Topliss-reactive ketones (excluding diaryl/α,β-unsaturated/α-hetero) is 1. The van der Waals surface area contributed by atoms with Gasteiger partial charge in [0.2, 0.25) is 0 Å². The van der Waals surface area contributed by atoms with Crippen LogP contribution in [0.25, 0.3) is 0 Å². The molecule has 0 radical (unpaired) electrons. The summed E-state index contributed by atoms with van der Waals surface area (Å²) >= 11 is 0. The lowest BCUT2D eigenvalue weighted by Crippen LogP contribution is -2.40. The monoisotopic (exact) mass is 211 g/mol. The van der Waals surface area contributed by atoms with Gasteiger partial charge in [0.05, 0.1) is 0 Å². The Morgan fingerprint density at radius 2 is 2.13 bits per heavy atom. The Kier molecular flexibility index (Phi) is 5.92. The molecule has 1 saturated heterocycles. The highest BCUT2D eigenvalue weighted by atomic mass is 16.1. The van der Waals surface area contributed by atoms with Crippen molar-refractivity contribution in [3.05, 3.63) is 0 Å². The van der Waals surface area contributed by atoms with Crippen LogP contribution in [-0.4, -0.2) is 17.9 Å². The van der Waals surface area contributed by atoms with Crippen LogP contribution in [0.5, 0.6) is 0 Å². The molecular formula is C13H25NO. The fourth-order valence-electron chi connectivity index (χ4n) is 2.30. The van der Waals surface area contributed by atoms with Gasteiger partial charge in [-0.2, -0.15) is 0 Å². The number of carbonyl (C=O) groups excluding carboxylic acids is 1. The molecule has 1 rings (SSSR count). The molecule has 0 aromatic carbocycles. The van der Waals surface area contributed by atoms with Gasteiger partial charge in [-0.1, -0.05) is 19.8 Å². The molecule has 1 N–H and O–H groups in total. The minimum atomic E-state index is 0.455. The average molecular weight is 211 g/mol. The Morgan fingerprint density at radius 1 is 1.33 bits per heavy atom. The van der Waals surface area contributed by atoms with Gasteiger partial charge in [0.1, 0.15) is 5.78 Å². The Bertz CT molecular complexity index is 191. The van der Waals surface area contributed by atoms with E-state index in [0.29, 0.717) is 17.9 Å². The Morgan fingerprint density at radius 3 is 2.80 bits per heavy atom. The predicted molar refractivity (Wildman–Crippen MR) is 64.0 cm³/mol. The molecule has 1 fully saturated rings. The summed E-state index contributed by atoms with van der Waals surface area (Å²) in [7, 11) is 0. The molecule has 0 aliphatic carbocycles. The SMILES string of the molecule is CCCCC(=O)CC[C@@H]1CCC[C@H](C)N1. The van der Waals surface area contributed by atoms with E-state index in [-0.39, 0.29) is 0 Å². The van der Waals surface area contributed by atoms with E-state index in [1.165, 1.54) is 19.3 Å². The second-order valence-electron chi connectivity index (χ2n) is 4.88. The molecule has 2 heteroatoms. The highest BCUT2D eigenvalue weighted by Crippen LogP contribution is 2.16. The van der Waals surface area contributed by atoms with E-state index >= 15 is 0 Å². The van der Waals surface area contributed by atoms with E-state index in [4.69, 9.17) is 0 Å². The van der Waals surface area contributed by atoms with Crippen molar-refractivity contribution in [3.63, 3.8) is 0 Å². The fraction of sp³-hybridized carbons (Fsp3) is 0.923. The molecule has 0 spiro atoms. The van der Waals surface area contributed by atoms with Gasteiger partial charge in [-0.05, 0) is 32.6 Å². The van der Waals surface area contributed by atoms with Crippen LogP contribution in [0.1, 0.15) is 65.2 Å². The number of piperidine rings is 1. The first-order valence-electron chi connectivity index (χ1n) is 6.50. The first-order valence-corrected chi connectivity index (χ1v) is 6.50. The Labute approximate surface area is 93.8 Å². The molecule has 0 aromatic rings. The second-order valence-corrected chi connectivity index (χ2v) is 4.88. The normalized spacial score (nSPS) is 26.5. The Balaban J connectivity index is 2.10. The van der Waals surface area contributed by atoms with Gasteiger partial charge < -0.3 is 5.32 Å². The van der Waals surface area contributed by atoms with Gasteiger partial charge >= 0.3 is 0 Å². The maximum Gasteiger partial charge on any atom is 0.132 e. The van der Waals surface area contributed by atoms with Crippen LogP contribution in [0.15, 0.2) is 0 Å². The standard InChI is InChI=1S/C13H25NO/c1-3-4-8-13(15)10-9-12-7-5-6-11(2)14-12/h11-12,14H,3-10H2,1-2H3/t11-,12-/m0/s1. The lowest BCUT2D eigenvalue weighted by Gasteiger charge is -2.28. The van der Waals surface area contributed by atoms with Crippen LogP contribution in [0.4, 0.5) is 0 Å². The number of rotatable bonds is 6. The molecule has 0 saturated carbocycles. The zero-order chi connectivity index (χ0) is 11.1. The number of hydrogen-bond donors (Lipinski definition) is 1. The lowest BCUT2D eigenvalue weighted by atomic mass is 9.95. The van der Waals surface area contributed by atoms with E-state index in [2.05, 4.69) is 19.2 Å². The molecule has 88 valence electrons. The summed E-state index contributed by atoms with van der Waals surface area (Å²) in [5.74, 6) is 0.455. The van der Waals surface area contributed by atoms with Crippen LogP contribution in [-0.2, 0) is 4.79 Å². The maximum absolute atomic E-state index is 11.5. The zero-order valence-corrected chi connectivity index (χ0v) is 10.2. The van der Waals surface area contributed by atoms with Crippen molar-refractivity contribution in [2.75, 3.05) is 0 Å². The third-order valence-electron chi connectivity index (χ3n) is 3.29. The van der Waals surface area contributed by atoms with Gasteiger partial charge in [0.15, 0.2) is 0 Å². The lowest BCUT2D eigenvalue weighted by molar-refractivity contribution is -0.119. The van der Waals surface area contributed by atoms with Crippen molar-refractivity contribution in [2.45, 2.75) is 77.3 Å². The predicted octanol–water partition coefficient (Wildman–Crippen LogP) is 3.06. The highest BCUT2D eigenvalue weighted by molar-refractivity contribution is 5.78. The molecule has 1 heterocycles. The summed E-state index contributed by atoms with van der Waals surface area (Å²) in [6, 6.07) is 1.24. The van der Waals surface area contributed by atoms with Crippen molar-refractivity contribution in [1.82, 2.24) is 5.32 Å². The minimum absolute atomic E-state index is 0.455. The van der Waals surface area contributed by atoms with Gasteiger partial charge in [0.25, 0.3) is 0 Å². The van der Waals surface area contributed by atoms with Gasteiger partial charge in [0, 0.05) is 24.9 Å². The molecule has 2 atom stereocenters. The van der Waals surface area contributed by atoms with Gasteiger partial charge in [-0.15, -0.1) is 0 Å². The van der Waals surface area contributed by atoms with E-state index in [1.54, 1.807) is 0 Å². The summed E-state index contributed by atoms with van der Waals surface area (Å²) in [6.45, 7) is 4.38. The van der Waals surface area contributed by atoms with Crippen molar-refractivity contribution >= 4 is 5.78 Å². The van der Waals surface area contributed by atoms with Crippen molar-refractivity contribution < 1.29 is 4.79 Å². The zero-order valence-electron chi connectivity index (χ0n) is 10.2. The molecule has 1 aliphatic rings. The van der Waals surface area contributed by atoms with Gasteiger partial charge in [-0.25, -0.2) is 0 Å². The maximum atomic E-state index is 11.5. The fourth-order valence-corrected chi connectivity index (χ4v) is 2.30. The smallest absolute Gasteiger partial charge is 0.132 e. The van der Waals surface area contributed by atoms with Crippen molar-refractivity contribution in [2.24, 2.45) is 0 Å². The van der Waals surface area contributed by atoms with E-state index in [0.717, 1.165) is 32.1 Å². The molecular weight excluding hydrogens is 186 g/mol. The van der Waals surface area contributed by atoms with Crippen LogP contribution in [0.3, 0.4) is 0 Å². The first kappa shape index (κ1) is 12.7. The first-order chi connectivity index (χ1) is 7.22. The third-order valence-corrected chi connectivity index (χ3v) is 3.29. The van der Waals surface area contributed by atoms with Crippen LogP contribution in [0, 0.1) is 0 Å². The van der Waals surface area contributed by atoms with Crippen molar-refractivity contribution in [3.8, 4) is 0 Å². The minimum Gasteiger partial charge on any atom is -0.311 e. The summed E-state index contributed by atoms with van der Waals surface area (Å²) in [5.41, 5.74) is 0. The van der Waals surface area contributed by atoms with Crippen LogP contribution >= 0.6 is 0 Å². The third kappa shape index (κ3) is 5.31. The summed E-state index contributed by atoms with van der Waals surface area (Å²) in [5, 5.41) is 3.58. The summed E-state index contributed by atoms with van der Waals surface area (Å²) in [4.78, 5) is 11.5. The molecule has 0 amide bonds. The molecule has 0 aromatic heterocycles. The van der Waals surface area contributed by atoms with Crippen molar-refractivity contribution in [1.29, 1.82) is 0 Å². The molecule has 0 unspecified atom stereocenters. The summed E-state index contributed by atoms with van der Waals surface area (Å²) in [6.07, 6.45) is 8.68. The second kappa shape index (κ2) is 7.00. The van der Waals surface area contributed by atoms with E-state index < -0.39 is 0 Å². The number of ketones is 1.